The van der Waals surface area contributed by atoms with Crippen LogP contribution in [0.1, 0.15) is 149 Å². The van der Waals surface area contributed by atoms with Crippen molar-refractivity contribution in [3.8, 4) is 0 Å². The van der Waals surface area contributed by atoms with Gasteiger partial charge in [-0.1, -0.05) is 155 Å². The molecule has 0 aromatic heterocycles. The smallest absolute Gasteiger partial charge is 0.457 e. The van der Waals surface area contributed by atoms with Gasteiger partial charge in [-0.3, -0.25) is 13.8 Å². The van der Waals surface area contributed by atoms with Crippen molar-refractivity contribution in [1.82, 2.24) is 0 Å². The first kappa shape index (κ1) is 54.2. The Morgan fingerprint density at radius 3 is 1.47 bits per heavy atom. The average molecular weight is 814 g/mol. The van der Waals surface area contributed by atoms with Crippen LogP contribution in [0.5, 0.6) is 0 Å². The average Bonchev–Trinajstić information content (AvgIpc) is 3.20. The molecule has 2 unspecified atom stereocenters. The molecule has 2 atom stereocenters. The van der Waals surface area contributed by atoms with Gasteiger partial charge in [0.05, 0.1) is 19.8 Å². The highest BCUT2D eigenvalue weighted by molar-refractivity contribution is 7.47. The van der Waals surface area contributed by atoms with Crippen LogP contribution in [0.4, 0.5) is 0 Å². The second-order valence-corrected chi connectivity index (χ2v) is 15.3. The summed E-state index contributed by atoms with van der Waals surface area (Å²) in [5.74, 6) is -0.366. The number of nitrogens with two attached hydrogens (primary N) is 1. The minimum absolute atomic E-state index is 0.0726. The van der Waals surface area contributed by atoms with Crippen molar-refractivity contribution in [3.63, 3.8) is 0 Å². The summed E-state index contributed by atoms with van der Waals surface area (Å²) < 4.78 is 33.3. The van der Waals surface area contributed by atoms with Gasteiger partial charge in [0.2, 0.25) is 0 Å². The molecule has 324 valence electrons. The number of phosphoric acid groups is 1. The molecule has 8 nitrogen and oxygen atoms in total. The van der Waals surface area contributed by atoms with Crippen molar-refractivity contribution in [2.75, 3.05) is 33.0 Å². The van der Waals surface area contributed by atoms with Crippen LogP contribution in [0.25, 0.3) is 0 Å². The molecule has 0 fully saturated rings. The van der Waals surface area contributed by atoms with Gasteiger partial charge in [-0.05, 0) is 96.3 Å². The predicted molar refractivity (Wildman–Crippen MR) is 242 cm³/mol. The molecule has 0 aliphatic carbocycles. The molecule has 0 bridgehead atoms. The minimum atomic E-state index is -4.30. The normalized spacial score (nSPS) is 14.5. The fraction of sp³-hybridized carbons (Fsp3) is 0.604. The summed E-state index contributed by atoms with van der Waals surface area (Å²) in [6.07, 6.45) is 59.7. The van der Waals surface area contributed by atoms with E-state index in [2.05, 4.69) is 123 Å². The Bertz CT molecular complexity index is 1230. The molecule has 3 N–H and O–H groups in total. The number of unbranched alkanes of at least 4 members (excludes halogenated alkanes) is 9. The fourth-order valence-electron chi connectivity index (χ4n) is 5.23. The zero-order valence-corrected chi connectivity index (χ0v) is 36.7. The number of ether oxygens (including phenoxy) is 2. The lowest BCUT2D eigenvalue weighted by molar-refractivity contribution is -0.154. The zero-order chi connectivity index (χ0) is 41.6. The van der Waals surface area contributed by atoms with Gasteiger partial charge in [0.1, 0.15) is 6.10 Å². The van der Waals surface area contributed by atoms with E-state index >= 15 is 0 Å². The van der Waals surface area contributed by atoms with Crippen molar-refractivity contribution >= 4 is 13.8 Å². The highest BCUT2D eigenvalue weighted by Gasteiger charge is 2.25. The molecule has 0 saturated heterocycles. The van der Waals surface area contributed by atoms with E-state index in [4.69, 9.17) is 24.3 Å². The maximum Gasteiger partial charge on any atom is 0.472 e. The van der Waals surface area contributed by atoms with Gasteiger partial charge in [-0.15, -0.1) is 0 Å². The standard InChI is InChI=1S/C48H80NO7P/c1-3-5-7-9-11-13-15-17-19-20-21-22-23-24-25-26-27-28-30-32-34-36-38-40-43-53-45-47(46-55-57(51,52)54-44-42-49)56-48(50)41-39-37-35-33-31-29-18-16-14-12-10-8-6-4-2/h5,7,10-13,16-19,21-22,24-25,27-28,32,34,47H,3-4,6,8-9,14-15,20,23,26,29-31,33,35-46,49H2,1-2H3,(H,51,52)/b7-5-,12-10-,13-11-,18-16-,19-17-,22-21-,25-24-,28-27-,34-32-. The van der Waals surface area contributed by atoms with Gasteiger partial charge in [0.15, 0.2) is 0 Å². The van der Waals surface area contributed by atoms with Crippen LogP contribution in [0.2, 0.25) is 0 Å². The third kappa shape index (κ3) is 44.1. The molecule has 0 saturated carbocycles. The Hall–Kier alpha value is -2.84. The monoisotopic (exact) mass is 814 g/mol. The molecule has 0 heterocycles. The summed E-state index contributed by atoms with van der Waals surface area (Å²) in [7, 11) is -4.30. The van der Waals surface area contributed by atoms with Crippen LogP contribution in [0.15, 0.2) is 109 Å². The van der Waals surface area contributed by atoms with E-state index in [1.54, 1.807) is 0 Å². The topological polar surface area (TPSA) is 117 Å². The second-order valence-electron chi connectivity index (χ2n) is 13.8. The highest BCUT2D eigenvalue weighted by Crippen LogP contribution is 2.43. The van der Waals surface area contributed by atoms with Crippen LogP contribution in [0.3, 0.4) is 0 Å². The van der Waals surface area contributed by atoms with E-state index in [0.717, 1.165) is 109 Å². The molecular weight excluding hydrogens is 734 g/mol. The molecule has 0 aliphatic rings. The van der Waals surface area contributed by atoms with Crippen molar-refractivity contribution < 1.29 is 32.8 Å². The lowest BCUT2D eigenvalue weighted by Gasteiger charge is -2.20. The summed E-state index contributed by atoms with van der Waals surface area (Å²) in [5, 5.41) is 0. The number of esters is 1. The van der Waals surface area contributed by atoms with Crippen molar-refractivity contribution in [2.45, 2.75) is 155 Å². The first-order chi connectivity index (χ1) is 27.9. The van der Waals surface area contributed by atoms with Crippen molar-refractivity contribution in [3.05, 3.63) is 109 Å². The molecule has 0 rings (SSSR count). The number of allylic oxidation sites excluding steroid dienone is 18. The maximum atomic E-state index is 12.6. The number of hydrogen-bond acceptors (Lipinski definition) is 7. The van der Waals surface area contributed by atoms with Crippen LogP contribution in [-0.4, -0.2) is 49.9 Å². The summed E-state index contributed by atoms with van der Waals surface area (Å²) >= 11 is 0. The molecule has 0 aromatic rings. The third-order valence-electron chi connectivity index (χ3n) is 8.42. The number of carbonyl (C=O) groups excluding carboxylic acids is 1. The molecule has 9 heteroatoms. The Kier molecular flexibility index (Phi) is 42.1. The van der Waals surface area contributed by atoms with Gasteiger partial charge in [0.25, 0.3) is 0 Å². The summed E-state index contributed by atoms with van der Waals surface area (Å²) in [4.78, 5) is 22.5. The summed E-state index contributed by atoms with van der Waals surface area (Å²) in [6, 6.07) is 0. The number of carbonyl (C=O) groups is 1. The first-order valence-corrected chi connectivity index (χ1v) is 23.4. The summed E-state index contributed by atoms with van der Waals surface area (Å²) in [6.45, 7) is 4.59. The molecule has 0 spiro atoms. The Morgan fingerprint density at radius 2 is 0.982 bits per heavy atom. The zero-order valence-electron chi connectivity index (χ0n) is 35.8. The Labute approximate surface area is 348 Å². The number of phosphoric ester groups is 1. The van der Waals surface area contributed by atoms with Gasteiger partial charge in [-0.2, -0.15) is 0 Å². The number of rotatable bonds is 40. The minimum Gasteiger partial charge on any atom is -0.457 e. The number of hydrogen-bond donors (Lipinski definition) is 2. The van der Waals surface area contributed by atoms with E-state index in [-0.39, 0.29) is 38.8 Å². The maximum absolute atomic E-state index is 12.6. The van der Waals surface area contributed by atoms with Gasteiger partial charge in [-0.25, -0.2) is 4.57 Å². The van der Waals surface area contributed by atoms with E-state index in [9.17, 15) is 14.3 Å². The molecule has 57 heavy (non-hydrogen) atoms. The van der Waals surface area contributed by atoms with Gasteiger partial charge < -0.3 is 20.1 Å². The lowest BCUT2D eigenvalue weighted by atomic mass is 10.1. The fourth-order valence-corrected chi connectivity index (χ4v) is 5.99. The van der Waals surface area contributed by atoms with E-state index in [1.165, 1.54) is 19.3 Å². The molecule has 0 radical (unpaired) electrons. The molecule has 0 aliphatic heterocycles. The highest BCUT2D eigenvalue weighted by atomic mass is 31.2. The first-order valence-electron chi connectivity index (χ1n) is 21.9. The van der Waals surface area contributed by atoms with Gasteiger partial charge in [0, 0.05) is 19.6 Å². The van der Waals surface area contributed by atoms with Crippen LogP contribution >= 0.6 is 7.82 Å². The van der Waals surface area contributed by atoms with Gasteiger partial charge >= 0.3 is 13.8 Å². The van der Waals surface area contributed by atoms with Crippen molar-refractivity contribution in [1.29, 1.82) is 0 Å². The predicted octanol–water partition coefficient (Wildman–Crippen LogP) is 13.2. The lowest BCUT2D eigenvalue weighted by Crippen LogP contribution is -2.28. The Morgan fingerprint density at radius 1 is 0.544 bits per heavy atom. The van der Waals surface area contributed by atoms with Crippen LogP contribution in [-0.2, 0) is 27.9 Å². The van der Waals surface area contributed by atoms with E-state index in [1.807, 2.05) is 0 Å². The Balaban J connectivity index is 4.17. The second kappa shape index (κ2) is 44.3. The summed E-state index contributed by atoms with van der Waals surface area (Å²) in [5.41, 5.74) is 5.36. The quantitative estimate of drug-likeness (QED) is 0.0272. The molecule has 0 aromatic carbocycles. The van der Waals surface area contributed by atoms with Crippen LogP contribution < -0.4 is 5.73 Å². The SMILES string of the molecule is CC/C=C\C/C=C\C/C=C\C/C=C\C/C=C\C/C=C\C/C=C\CCCCOCC(COP(=O)(O)OCCN)OC(=O)CCCCCCC/C=C\C/C=C\CCCC. The molecular formula is C48H80NO7P. The van der Waals surface area contributed by atoms with Crippen molar-refractivity contribution in [2.24, 2.45) is 5.73 Å². The van der Waals surface area contributed by atoms with E-state index < -0.39 is 13.9 Å². The molecule has 0 amide bonds. The largest absolute Gasteiger partial charge is 0.472 e. The van der Waals surface area contributed by atoms with E-state index in [0.29, 0.717) is 6.61 Å². The van der Waals surface area contributed by atoms with Crippen LogP contribution in [0, 0.1) is 0 Å². The third-order valence-corrected chi connectivity index (χ3v) is 9.41.